The molecule has 0 radical (unpaired) electrons. The Labute approximate surface area is 175 Å². The number of nitrogens with zero attached hydrogens (tertiary/aromatic N) is 3. The van der Waals surface area contributed by atoms with Gasteiger partial charge in [-0.25, -0.2) is 4.79 Å². The van der Waals surface area contributed by atoms with Crippen molar-refractivity contribution in [1.29, 1.82) is 0 Å². The highest BCUT2D eigenvalue weighted by Gasteiger charge is 2.22. The lowest BCUT2D eigenvalue weighted by Gasteiger charge is -2.17. The first-order valence-electron chi connectivity index (χ1n) is 9.41. The monoisotopic (exact) mass is 417 g/mol. The molecule has 1 atom stereocenters. The van der Waals surface area contributed by atoms with Crippen LogP contribution >= 0.6 is 0 Å². The third kappa shape index (κ3) is 4.85. The van der Waals surface area contributed by atoms with E-state index in [2.05, 4.69) is 0 Å². The molecule has 1 heterocycles. The lowest BCUT2D eigenvalue weighted by atomic mass is 10.1. The highest BCUT2D eigenvalue weighted by molar-refractivity contribution is 6.00. The average Bonchev–Trinajstić information content (AvgIpc) is 2.99. The number of aromatic nitrogens is 1. The summed E-state index contributed by atoms with van der Waals surface area (Å²) in [5, 5.41) is 11.3. The molecule has 2 rings (SSSR count). The van der Waals surface area contributed by atoms with E-state index in [9.17, 15) is 19.7 Å². The second kappa shape index (κ2) is 9.53. The molecule has 1 aromatic carbocycles. The number of carbonyl (C=O) groups excluding carboxylic acids is 2. The van der Waals surface area contributed by atoms with Gasteiger partial charge in [0.25, 0.3) is 5.69 Å². The van der Waals surface area contributed by atoms with Gasteiger partial charge in [-0.15, -0.1) is 0 Å². The minimum absolute atomic E-state index is 0.0132. The maximum Gasteiger partial charge on any atom is 0.338 e. The Morgan fingerprint density at radius 2 is 1.90 bits per heavy atom. The summed E-state index contributed by atoms with van der Waals surface area (Å²) in [4.78, 5) is 37.3. The number of ketones is 1. The van der Waals surface area contributed by atoms with Crippen LogP contribution in [0.2, 0.25) is 0 Å². The van der Waals surface area contributed by atoms with Crippen molar-refractivity contribution in [2.45, 2.75) is 26.8 Å². The minimum Gasteiger partial charge on any atom is -0.454 e. The van der Waals surface area contributed by atoms with Gasteiger partial charge in [0.1, 0.15) is 5.69 Å². The number of ether oxygens (including phenoxy) is 2. The standard InChI is InChI=1S/C21H27N3O6/c1-13-9-17(15(3)23(13)14(2)11-29-6)20(25)12-30-21(26)16-7-8-18(22(4)5)19(10-16)24(27)28/h7-10,14H,11-12H2,1-6H3/t14-/m0/s1. The van der Waals surface area contributed by atoms with Crippen molar-refractivity contribution in [3.63, 3.8) is 0 Å². The molecule has 0 unspecified atom stereocenters. The number of rotatable bonds is 9. The fraction of sp³-hybridized carbons (Fsp3) is 0.429. The van der Waals surface area contributed by atoms with E-state index in [1.807, 2.05) is 25.3 Å². The number of hydrogen-bond acceptors (Lipinski definition) is 7. The van der Waals surface area contributed by atoms with E-state index >= 15 is 0 Å². The molecular weight excluding hydrogens is 390 g/mol. The fourth-order valence-corrected chi connectivity index (χ4v) is 3.52. The lowest BCUT2D eigenvalue weighted by molar-refractivity contribution is -0.384. The molecule has 30 heavy (non-hydrogen) atoms. The number of anilines is 1. The van der Waals surface area contributed by atoms with Gasteiger partial charge in [-0.1, -0.05) is 0 Å². The van der Waals surface area contributed by atoms with Crippen LogP contribution in [-0.2, 0) is 9.47 Å². The largest absolute Gasteiger partial charge is 0.454 e. The predicted molar refractivity (Wildman–Crippen MR) is 113 cm³/mol. The van der Waals surface area contributed by atoms with Gasteiger partial charge in [-0.2, -0.15) is 0 Å². The third-order valence-corrected chi connectivity index (χ3v) is 4.86. The smallest absolute Gasteiger partial charge is 0.338 e. The number of methoxy groups -OCH3 is 1. The van der Waals surface area contributed by atoms with Gasteiger partial charge in [-0.3, -0.25) is 14.9 Å². The highest BCUT2D eigenvalue weighted by atomic mass is 16.6. The number of carbonyl (C=O) groups is 2. The molecule has 0 fully saturated rings. The van der Waals surface area contributed by atoms with Gasteiger partial charge in [0.05, 0.1) is 23.1 Å². The predicted octanol–water partition coefficient (Wildman–Crippen LogP) is 3.33. The maximum atomic E-state index is 12.6. The van der Waals surface area contributed by atoms with Crippen molar-refractivity contribution >= 4 is 23.1 Å². The van der Waals surface area contributed by atoms with Crippen LogP contribution in [0.1, 0.15) is 45.1 Å². The number of aryl methyl sites for hydroxylation is 1. The molecule has 0 saturated heterocycles. The molecule has 162 valence electrons. The first-order chi connectivity index (χ1) is 14.1. The Morgan fingerprint density at radius 1 is 1.23 bits per heavy atom. The zero-order valence-electron chi connectivity index (χ0n) is 18.1. The van der Waals surface area contributed by atoms with Gasteiger partial charge >= 0.3 is 5.97 Å². The van der Waals surface area contributed by atoms with E-state index in [1.54, 1.807) is 32.2 Å². The van der Waals surface area contributed by atoms with Crippen LogP contribution in [0.5, 0.6) is 0 Å². The lowest BCUT2D eigenvalue weighted by Crippen LogP contribution is -2.17. The van der Waals surface area contributed by atoms with E-state index in [0.717, 1.165) is 17.5 Å². The second-order valence-corrected chi connectivity index (χ2v) is 7.31. The second-order valence-electron chi connectivity index (χ2n) is 7.31. The maximum absolute atomic E-state index is 12.6. The third-order valence-electron chi connectivity index (χ3n) is 4.86. The molecule has 0 spiro atoms. The van der Waals surface area contributed by atoms with Crippen molar-refractivity contribution in [2.24, 2.45) is 0 Å². The SMILES string of the molecule is COC[C@H](C)n1c(C)cc(C(=O)COC(=O)c2ccc(N(C)C)c([N+](=O)[O-])c2)c1C. The van der Waals surface area contributed by atoms with Crippen LogP contribution in [0.25, 0.3) is 0 Å². The molecule has 9 nitrogen and oxygen atoms in total. The Bertz CT molecular complexity index is 964. The van der Waals surface area contributed by atoms with Crippen LogP contribution in [0, 0.1) is 24.0 Å². The van der Waals surface area contributed by atoms with Crippen molar-refractivity contribution in [2.75, 3.05) is 39.3 Å². The summed E-state index contributed by atoms with van der Waals surface area (Å²) in [6, 6.07) is 5.87. The van der Waals surface area contributed by atoms with Gasteiger partial charge in [0.2, 0.25) is 5.78 Å². The summed E-state index contributed by atoms with van der Waals surface area (Å²) in [5.74, 6) is -1.13. The van der Waals surface area contributed by atoms with Crippen LogP contribution < -0.4 is 4.90 Å². The van der Waals surface area contributed by atoms with Crippen LogP contribution in [-0.4, -0.2) is 55.7 Å². The molecule has 0 amide bonds. The first kappa shape index (κ1) is 23.1. The number of Topliss-reactive ketones (excluding diaryl/α,β-unsaturated/α-hetero) is 1. The topological polar surface area (TPSA) is 104 Å². The molecule has 9 heteroatoms. The summed E-state index contributed by atoms with van der Waals surface area (Å²) in [5.41, 5.74) is 2.31. The molecule has 0 bridgehead atoms. The first-order valence-corrected chi connectivity index (χ1v) is 9.41. The number of esters is 1. The van der Waals surface area contributed by atoms with E-state index in [-0.39, 0.29) is 23.1 Å². The van der Waals surface area contributed by atoms with Gasteiger partial charge in [0.15, 0.2) is 6.61 Å². The van der Waals surface area contributed by atoms with E-state index < -0.39 is 17.5 Å². The number of benzene rings is 1. The Morgan fingerprint density at radius 3 is 2.47 bits per heavy atom. The summed E-state index contributed by atoms with van der Waals surface area (Å²) < 4.78 is 12.3. The molecule has 1 aromatic heterocycles. The number of nitro benzene ring substituents is 1. The Hall–Kier alpha value is -3.20. The van der Waals surface area contributed by atoms with Gasteiger partial charge in [-0.05, 0) is 39.0 Å². The zero-order chi connectivity index (χ0) is 22.6. The van der Waals surface area contributed by atoms with Crippen LogP contribution in [0.15, 0.2) is 24.3 Å². The van der Waals surface area contributed by atoms with E-state index in [1.165, 1.54) is 12.1 Å². The molecule has 0 N–H and O–H groups in total. The van der Waals surface area contributed by atoms with Crippen LogP contribution in [0.3, 0.4) is 0 Å². The quantitative estimate of drug-likeness (QED) is 0.267. The summed E-state index contributed by atoms with van der Waals surface area (Å²) in [7, 11) is 4.96. The number of hydrogen-bond donors (Lipinski definition) is 0. The molecule has 2 aromatic rings. The average molecular weight is 417 g/mol. The molecule has 0 aliphatic rings. The van der Waals surface area contributed by atoms with Crippen molar-refractivity contribution in [1.82, 2.24) is 4.57 Å². The van der Waals surface area contributed by atoms with Crippen LogP contribution in [0.4, 0.5) is 11.4 Å². The Balaban J connectivity index is 2.15. The summed E-state index contributed by atoms with van der Waals surface area (Å²) in [6.07, 6.45) is 0. The highest BCUT2D eigenvalue weighted by Crippen LogP contribution is 2.28. The normalized spacial score (nSPS) is 11.8. The van der Waals surface area contributed by atoms with Gasteiger partial charge < -0.3 is 18.9 Å². The van der Waals surface area contributed by atoms with Crippen molar-refractivity contribution in [3.8, 4) is 0 Å². The molecule has 0 aliphatic carbocycles. The van der Waals surface area contributed by atoms with Crippen molar-refractivity contribution in [3.05, 3.63) is 56.9 Å². The minimum atomic E-state index is -0.793. The molecule has 0 aliphatic heterocycles. The van der Waals surface area contributed by atoms with Crippen molar-refractivity contribution < 1.29 is 24.0 Å². The Kier molecular flexibility index (Phi) is 7.33. The fourth-order valence-electron chi connectivity index (χ4n) is 3.52. The number of nitro groups is 1. The summed E-state index contributed by atoms with van der Waals surface area (Å²) in [6.45, 7) is 5.76. The van der Waals surface area contributed by atoms with E-state index in [4.69, 9.17) is 9.47 Å². The molecular formula is C21H27N3O6. The van der Waals surface area contributed by atoms with E-state index in [0.29, 0.717) is 17.9 Å². The summed E-state index contributed by atoms with van der Waals surface area (Å²) >= 11 is 0. The zero-order valence-corrected chi connectivity index (χ0v) is 18.1. The molecule has 0 saturated carbocycles. The van der Waals surface area contributed by atoms with Gasteiger partial charge in [0, 0.05) is 44.2 Å².